The van der Waals surface area contributed by atoms with Crippen LogP contribution in [0.2, 0.25) is 0 Å². The van der Waals surface area contributed by atoms with E-state index in [1.54, 1.807) is 7.11 Å². The number of fused-ring (bicyclic) bond motifs is 1. The molecule has 0 fully saturated rings. The van der Waals surface area contributed by atoms with Gasteiger partial charge in [-0.05, 0) is 31.2 Å². The van der Waals surface area contributed by atoms with Gasteiger partial charge in [0.2, 0.25) is 0 Å². The van der Waals surface area contributed by atoms with Gasteiger partial charge in [0.15, 0.2) is 0 Å². The van der Waals surface area contributed by atoms with Crippen LogP contribution in [0.1, 0.15) is 19.4 Å². The zero-order valence-corrected chi connectivity index (χ0v) is 11.4. The third-order valence-corrected chi connectivity index (χ3v) is 3.33. The van der Waals surface area contributed by atoms with Gasteiger partial charge in [-0.25, -0.2) is 0 Å². The summed E-state index contributed by atoms with van der Waals surface area (Å²) in [6.07, 6.45) is 2.38. The van der Waals surface area contributed by atoms with Gasteiger partial charge in [0.1, 0.15) is 0 Å². The lowest BCUT2D eigenvalue weighted by Gasteiger charge is -2.12. The molecule has 0 saturated carbocycles. The Kier molecular flexibility index (Phi) is 4.39. The number of nitrogens with one attached hydrogen (secondary N) is 1. The number of hydrogen-bond donors (Lipinski definition) is 1. The standard InChI is InChI=1S/C15H22N2O/c1-4-16-10-13-6-5-7-15-14(13)8-9-17(15)11-12(2)18-3/h5-9,12,16H,4,10-11H2,1-3H3. The highest BCUT2D eigenvalue weighted by atomic mass is 16.5. The van der Waals surface area contributed by atoms with E-state index in [2.05, 4.69) is 54.2 Å². The Labute approximate surface area is 109 Å². The molecule has 0 bridgehead atoms. The summed E-state index contributed by atoms with van der Waals surface area (Å²) in [5.74, 6) is 0. The van der Waals surface area contributed by atoms with Gasteiger partial charge in [-0.15, -0.1) is 0 Å². The smallest absolute Gasteiger partial charge is 0.0722 e. The molecule has 2 aromatic rings. The lowest BCUT2D eigenvalue weighted by molar-refractivity contribution is 0.104. The molecule has 1 unspecified atom stereocenters. The number of methoxy groups -OCH3 is 1. The molecule has 1 aromatic carbocycles. The molecule has 1 heterocycles. The van der Waals surface area contributed by atoms with Crippen LogP contribution in [0.25, 0.3) is 10.9 Å². The number of ether oxygens (including phenoxy) is 1. The SMILES string of the molecule is CCNCc1cccc2c1ccn2CC(C)OC. The van der Waals surface area contributed by atoms with Crippen LogP contribution in [0.4, 0.5) is 0 Å². The third-order valence-electron chi connectivity index (χ3n) is 3.33. The second-order valence-corrected chi connectivity index (χ2v) is 4.64. The molecule has 3 heteroatoms. The van der Waals surface area contributed by atoms with Gasteiger partial charge in [0.25, 0.3) is 0 Å². The van der Waals surface area contributed by atoms with Crippen molar-refractivity contribution in [2.24, 2.45) is 0 Å². The van der Waals surface area contributed by atoms with Crippen molar-refractivity contribution in [3.63, 3.8) is 0 Å². The van der Waals surface area contributed by atoms with Gasteiger partial charge in [-0.2, -0.15) is 0 Å². The molecule has 2 rings (SSSR count). The zero-order valence-electron chi connectivity index (χ0n) is 11.4. The summed E-state index contributed by atoms with van der Waals surface area (Å²) in [5.41, 5.74) is 2.65. The monoisotopic (exact) mass is 246 g/mol. The third kappa shape index (κ3) is 2.74. The Hall–Kier alpha value is -1.32. The summed E-state index contributed by atoms with van der Waals surface area (Å²) < 4.78 is 7.60. The highest BCUT2D eigenvalue weighted by Gasteiger charge is 2.07. The minimum absolute atomic E-state index is 0.234. The molecular formula is C15H22N2O. The summed E-state index contributed by atoms with van der Waals surface area (Å²) in [6, 6.07) is 8.69. The van der Waals surface area contributed by atoms with Crippen LogP contribution in [0.15, 0.2) is 30.5 Å². The molecule has 0 aliphatic heterocycles. The van der Waals surface area contributed by atoms with Crippen LogP contribution in [-0.4, -0.2) is 24.3 Å². The van der Waals surface area contributed by atoms with Crippen LogP contribution in [0.3, 0.4) is 0 Å². The number of aromatic nitrogens is 1. The summed E-state index contributed by atoms with van der Waals surface area (Å²) >= 11 is 0. The van der Waals surface area contributed by atoms with Gasteiger partial charge < -0.3 is 14.6 Å². The molecule has 0 amide bonds. The van der Waals surface area contributed by atoms with E-state index in [9.17, 15) is 0 Å². The molecule has 0 spiro atoms. The maximum Gasteiger partial charge on any atom is 0.0722 e. The van der Waals surface area contributed by atoms with Gasteiger partial charge in [-0.3, -0.25) is 0 Å². The van der Waals surface area contributed by atoms with Crippen molar-refractivity contribution in [3.8, 4) is 0 Å². The van der Waals surface area contributed by atoms with Crippen molar-refractivity contribution >= 4 is 10.9 Å². The Morgan fingerprint density at radius 2 is 2.17 bits per heavy atom. The summed E-state index contributed by atoms with van der Waals surface area (Å²) in [6.45, 7) is 7.04. The van der Waals surface area contributed by atoms with Crippen LogP contribution >= 0.6 is 0 Å². The van der Waals surface area contributed by atoms with Crippen molar-refractivity contribution in [3.05, 3.63) is 36.0 Å². The van der Waals surface area contributed by atoms with Crippen molar-refractivity contribution in [1.82, 2.24) is 9.88 Å². The fourth-order valence-corrected chi connectivity index (χ4v) is 2.21. The first-order valence-electron chi connectivity index (χ1n) is 6.56. The minimum Gasteiger partial charge on any atom is -0.380 e. The first kappa shape index (κ1) is 13.1. The highest BCUT2D eigenvalue weighted by molar-refractivity contribution is 5.83. The van der Waals surface area contributed by atoms with Crippen LogP contribution in [0, 0.1) is 0 Å². The van der Waals surface area contributed by atoms with E-state index in [-0.39, 0.29) is 6.10 Å². The Bertz CT molecular complexity index is 504. The van der Waals surface area contributed by atoms with E-state index in [1.165, 1.54) is 16.5 Å². The summed E-state index contributed by atoms with van der Waals surface area (Å²) in [7, 11) is 1.76. The highest BCUT2D eigenvalue weighted by Crippen LogP contribution is 2.20. The largest absolute Gasteiger partial charge is 0.380 e. The quantitative estimate of drug-likeness (QED) is 0.848. The average molecular weight is 246 g/mol. The minimum atomic E-state index is 0.234. The Morgan fingerprint density at radius 3 is 2.89 bits per heavy atom. The predicted octanol–water partition coefficient (Wildman–Crippen LogP) is 2.79. The van der Waals surface area contributed by atoms with Gasteiger partial charge in [0, 0.05) is 37.3 Å². The fourth-order valence-electron chi connectivity index (χ4n) is 2.21. The molecule has 0 aliphatic rings. The fraction of sp³-hybridized carbons (Fsp3) is 0.467. The topological polar surface area (TPSA) is 26.2 Å². The maximum atomic E-state index is 5.33. The van der Waals surface area contributed by atoms with Crippen molar-refractivity contribution in [2.45, 2.75) is 33.0 Å². The van der Waals surface area contributed by atoms with E-state index < -0.39 is 0 Å². The van der Waals surface area contributed by atoms with Crippen molar-refractivity contribution < 1.29 is 4.74 Å². The molecule has 98 valence electrons. The normalized spacial score (nSPS) is 13.1. The van der Waals surface area contributed by atoms with E-state index in [0.29, 0.717) is 0 Å². The van der Waals surface area contributed by atoms with E-state index >= 15 is 0 Å². The van der Waals surface area contributed by atoms with Crippen molar-refractivity contribution in [1.29, 1.82) is 0 Å². The molecule has 0 radical (unpaired) electrons. The molecule has 0 aliphatic carbocycles. The first-order valence-corrected chi connectivity index (χ1v) is 6.56. The van der Waals surface area contributed by atoms with E-state index in [1.807, 2.05) is 0 Å². The molecule has 1 atom stereocenters. The summed E-state index contributed by atoms with van der Waals surface area (Å²) in [4.78, 5) is 0. The van der Waals surface area contributed by atoms with Gasteiger partial charge >= 0.3 is 0 Å². The number of benzene rings is 1. The average Bonchev–Trinajstić information content (AvgIpc) is 2.80. The number of rotatable bonds is 6. The molecule has 1 N–H and O–H groups in total. The second kappa shape index (κ2) is 6.03. The zero-order chi connectivity index (χ0) is 13.0. The van der Waals surface area contributed by atoms with Crippen LogP contribution in [-0.2, 0) is 17.8 Å². The van der Waals surface area contributed by atoms with Crippen molar-refractivity contribution in [2.75, 3.05) is 13.7 Å². The lowest BCUT2D eigenvalue weighted by atomic mass is 10.1. The first-order chi connectivity index (χ1) is 8.76. The Morgan fingerprint density at radius 1 is 1.33 bits per heavy atom. The van der Waals surface area contributed by atoms with E-state index in [4.69, 9.17) is 4.74 Å². The van der Waals surface area contributed by atoms with Crippen LogP contribution < -0.4 is 5.32 Å². The van der Waals surface area contributed by atoms with E-state index in [0.717, 1.165) is 19.6 Å². The lowest BCUT2D eigenvalue weighted by Crippen LogP contribution is -2.14. The molecular weight excluding hydrogens is 224 g/mol. The molecule has 18 heavy (non-hydrogen) atoms. The molecule has 1 aromatic heterocycles. The predicted molar refractivity (Wildman–Crippen MR) is 75.8 cm³/mol. The second-order valence-electron chi connectivity index (χ2n) is 4.64. The molecule has 0 saturated heterocycles. The molecule has 3 nitrogen and oxygen atoms in total. The van der Waals surface area contributed by atoms with Gasteiger partial charge in [-0.1, -0.05) is 19.1 Å². The van der Waals surface area contributed by atoms with Gasteiger partial charge in [0.05, 0.1) is 6.10 Å². The summed E-state index contributed by atoms with van der Waals surface area (Å²) in [5, 5.41) is 4.72. The Balaban J connectivity index is 2.29. The number of hydrogen-bond acceptors (Lipinski definition) is 2. The van der Waals surface area contributed by atoms with Crippen LogP contribution in [0.5, 0.6) is 0 Å². The maximum absolute atomic E-state index is 5.33. The number of nitrogens with zero attached hydrogens (tertiary/aromatic N) is 1.